The molecule has 0 aromatic heterocycles. The van der Waals surface area contributed by atoms with Gasteiger partial charge in [-0.05, 0) is 37.5 Å². The maximum Gasteiger partial charge on any atom is 0.243 e. The quantitative estimate of drug-likeness (QED) is 0.842. The first kappa shape index (κ1) is 18.1. The van der Waals surface area contributed by atoms with Crippen molar-refractivity contribution < 1.29 is 8.42 Å². The first-order valence-electron chi connectivity index (χ1n) is 7.51. The van der Waals surface area contributed by atoms with Crippen LogP contribution in [0.25, 0.3) is 0 Å². The maximum atomic E-state index is 12.7. The third-order valence-corrected chi connectivity index (χ3v) is 6.08. The molecule has 1 unspecified atom stereocenters. The Kier molecular flexibility index (Phi) is 6.38. The van der Waals surface area contributed by atoms with Gasteiger partial charge < -0.3 is 5.32 Å². The van der Waals surface area contributed by atoms with Crippen LogP contribution in [0.2, 0.25) is 0 Å². The summed E-state index contributed by atoms with van der Waals surface area (Å²) < 4.78 is 27.0. The van der Waals surface area contributed by atoms with Crippen molar-refractivity contribution in [1.82, 2.24) is 9.62 Å². The van der Waals surface area contributed by atoms with Crippen LogP contribution in [0.4, 0.5) is 0 Å². The lowest BCUT2D eigenvalue weighted by Crippen LogP contribution is -2.35. The van der Waals surface area contributed by atoms with Gasteiger partial charge in [0.1, 0.15) is 0 Å². The van der Waals surface area contributed by atoms with Crippen LogP contribution in [0.15, 0.2) is 23.1 Å². The van der Waals surface area contributed by atoms with Crippen molar-refractivity contribution in [3.8, 4) is 0 Å². The van der Waals surface area contributed by atoms with Crippen LogP contribution in [0.3, 0.4) is 0 Å². The molecule has 0 spiro atoms. The summed E-state index contributed by atoms with van der Waals surface area (Å²) in [7, 11) is -1.78. The summed E-state index contributed by atoms with van der Waals surface area (Å²) in [6.07, 6.45) is 0.795. The van der Waals surface area contributed by atoms with Gasteiger partial charge in [-0.1, -0.05) is 32.9 Å². The molecule has 120 valence electrons. The van der Waals surface area contributed by atoms with Crippen LogP contribution in [0.5, 0.6) is 0 Å². The lowest BCUT2D eigenvalue weighted by molar-refractivity contribution is 0.380. The summed E-state index contributed by atoms with van der Waals surface area (Å²) in [6.45, 7) is 10.6. The summed E-state index contributed by atoms with van der Waals surface area (Å²) in [5.41, 5.74) is 1.86. The minimum absolute atomic E-state index is 0.00755. The Bertz CT molecular complexity index is 568. The molecule has 0 amide bonds. The van der Waals surface area contributed by atoms with Gasteiger partial charge in [-0.25, -0.2) is 8.42 Å². The first-order chi connectivity index (χ1) is 9.71. The Labute approximate surface area is 129 Å². The maximum absolute atomic E-state index is 12.7. The molecular weight excluding hydrogens is 284 g/mol. The molecule has 5 heteroatoms. The minimum atomic E-state index is -3.44. The Hall–Kier alpha value is -0.910. The molecule has 4 nitrogen and oxygen atoms in total. The molecule has 21 heavy (non-hydrogen) atoms. The van der Waals surface area contributed by atoms with E-state index in [2.05, 4.69) is 19.2 Å². The average Bonchev–Trinajstić information content (AvgIpc) is 2.44. The second-order valence-corrected chi connectivity index (χ2v) is 7.82. The number of nitrogens with one attached hydrogen (secondary N) is 1. The number of nitrogens with zero attached hydrogens (tertiary/aromatic N) is 1. The van der Waals surface area contributed by atoms with Crippen molar-refractivity contribution >= 4 is 10.0 Å². The molecule has 0 bridgehead atoms. The van der Waals surface area contributed by atoms with Crippen LogP contribution in [-0.4, -0.2) is 31.9 Å². The predicted octanol–water partition coefficient (Wildman–Crippen LogP) is 2.91. The van der Waals surface area contributed by atoms with Gasteiger partial charge in [0.05, 0.1) is 4.90 Å². The van der Waals surface area contributed by atoms with Crippen LogP contribution in [0.1, 0.15) is 45.2 Å². The Morgan fingerprint density at radius 1 is 1.24 bits per heavy atom. The zero-order valence-corrected chi connectivity index (χ0v) is 14.8. The second kappa shape index (κ2) is 7.38. The van der Waals surface area contributed by atoms with Crippen molar-refractivity contribution in [1.29, 1.82) is 0 Å². The van der Waals surface area contributed by atoms with E-state index in [0.29, 0.717) is 17.5 Å². The fourth-order valence-electron chi connectivity index (χ4n) is 2.09. The van der Waals surface area contributed by atoms with E-state index in [9.17, 15) is 8.42 Å². The van der Waals surface area contributed by atoms with Crippen LogP contribution in [0, 0.1) is 6.92 Å². The van der Waals surface area contributed by atoms with Crippen molar-refractivity contribution in [2.75, 3.05) is 7.05 Å². The van der Waals surface area contributed by atoms with Gasteiger partial charge in [-0.15, -0.1) is 0 Å². The highest BCUT2D eigenvalue weighted by Gasteiger charge is 2.26. The lowest BCUT2D eigenvalue weighted by atomic mass is 10.1. The van der Waals surface area contributed by atoms with E-state index in [1.54, 1.807) is 13.1 Å². The van der Waals surface area contributed by atoms with E-state index >= 15 is 0 Å². The zero-order chi connectivity index (χ0) is 16.2. The molecule has 0 saturated carbocycles. The van der Waals surface area contributed by atoms with Gasteiger partial charge >= 0.3 is 0 Å². The van der Waals surface area contributed by atoms with Gasteiger partial charge in [0, 0.05) is 25.7 Å². The Morgan fingerprint density at radius 3 is 2.38 bits per heavy atom. The Balaban J connectivity index is 3.16. The first-order valence-corrected chi connectivity index (χ1v) is 8.95. The summed E-state index contributed by atoms with van der Waals surface area (Å²) in [4.78, 5) is 0.411. The second-order valence-electron chi connectivity index (χ2n) is 5.85. The summed E-state index contributed by atoms with van der Waals surface area (Å²) in [5, 5.41) is 3.34. The standard InChI is InChI=1S/C16H28N2O2S/c1-7-13(4)18(6)21(19,20)16-10-8-9-15(14(16)5)11-17-12(2)3/h8-10,12-13,17H,7,11H2,1-6H3. The lowest BCUT2D eigenvalue weighted by Gasteiger charge is -2.24. The normalized spacial score (nSPS) is 13.9. The van der Waals surface area contributed by atoms with Gasteiger partial charge in [-0.2, -0.15) is 4.31 Å². The van der Waals surface area contributed by atoms with E-state index in [1.807, 2.05) is 32.9 Å². The van der Waals surface area contributed by atoms with Crippen molar-refractivity contribution in [2.24, 2.45) is 0 Å². The molecule has 0 radical (unpaired) electrons. The minimum Gasteiger partial charge on any atom is -0.310 e. The fraction of sp³-hybridized carbons (Fsp3) is 0.625. The van der Waals surface area contributed by atoms with Crippen molar-refractivity contribution in [3.05, 3.63) is 29.3 Å². The number of benzene rings is 1. The van der Waals surface area contributed by atoms with E-state index in [0.717, 1.165) is 17.5 Å². The van der Waals surface area contributed by atoms with E-state index < -0.39 is 10.0 Å². The third kappa shape index (κ3) is 4.28. The van der Waals surface area contributed by atoms with E-state index in [4.69, 9.17) is 0 Å². The number of hydrogen-bond acceptors (Lipinski definition) is 3. The molecule has 1 aromatic carbocycles. The highest BCUT2D eigenvalue weighted by atomic mass is 32.2. The van der Waals surface area contributed by atoms with Gasteiger partial charge in [0.25, 0.3) is 0 Å². The van der Waals surface area contributed by atoms with Crippen LogP contribution < -0.4 is 5.32 Å². The Morgan fingerprint density at radius 2 is 1.86 bits per heavy atom. The molecule has 1 rings (SSSR count). The molecule has 1 N–H and O–H groups in total. The number of sulfonamides is 1. The zero-order valence-electron chi connectivity index (χ0n) is 14.0. The fourth-order valence-corrected chi connectivity index (χ4v) is 3.80. The molecule has 1 atom stereocenters. The molecule has 0 aliphatic heterocycles. The molecular formula is C16H28N2O2S. The molecule has 0 saturated heterocycles. The predicted molar refractivity (Wildman–Crippen MR) is 87.9 cm³/mol. The van der Waals surface area contributed by atoms with Crippen molar-refractivity contribution in [2.45, 2.75) is 64.6 Å². The SMILES string of the molecule is CCC(C)N(C)S(=O)(=O)c1cccc(CNC(C)C)c1C. The number of hydrogen-bond donors (Lipinski definition) is 1. The van der Waals surface area contributed by atoms with Crippen molar-refractivity contribution in [3.63, 3.8) is 0 Å². The largest absolute Gasteiger partial charge is 0.310 e. The van der Waals surface area contributed by atoms with Gasteiger partial charge in [-0.3, -0.25) is 0 Å². The molecule has 0 fully saturated rings. The molecule has 0 heterocycles. The summed E-state index contributed by atoms with van der Waals surface area (Å²) in [5.74, 6) is 0. The third-order valence-electron chi connectivity index (χ3n) is 3.97. The topological polar surface area (TPSA) is 49.4 Å². The highest BCUT2D eigenvalue weighted by molar-refractivity contribution is 7.89. The van der Waals surface area contributed by atoms with Gasteiger partial charge in [0.2, 0.25) is 10.0 Å². The highest BCUT2D eigenvalue weighted by Crippen LogP contribution is 2.23. The van der Waals surface area contributed by atoms with Crippen LogP contribution in [-0.2, 0) is 16.6 Å². The van der Waals surface area contributed by atoms with E-state index in [1.165, 1.54) is 4.31 Å². The van der Waals surface area contributed by atoms with E-state index in [-0.39, 0.29) is 6.04 Å². The average molecular weight is 312 g/mol. The molecule has 0 aliphatic carbocycles. The smallest absolute Gasteiger partial charge is 0.243 e. The summed E-state index contributed by atoms with van der Waals surface area (Å²) in [6, 6.07) is 5.86. The summed E-state index contributed by atoms with van der Waals surface area (Å²) >= 11 is 0. The van der Waals surface area contributed by atoms with Gasteiger partial charge in [0.15, 0.2) is 0 Å². The molecule has 0 aliphatic rings. The molecule has 1 aromatic rings. The number of rotatable bonds is 7. The monoisotopic (exact) mass is 312 g/mol. The van der Waals surface area contributed by atoms with Crippen LogP contribution >= 0.6 is 0 Å².